The van der Waals surface area contributed by atoms with Crippen LogP contribution >= 0.6 is 0 Å². The number of aliphatic hydroxyl groups is 1. The van der Waals surface area contributed by atoms with E-state index in [1.807, 2.05) is 12.1 Å². The smallest absolute Gasteiger partial charge is 0.129 e. The number of aliphatic hydroxyl groups excluding tert-OH is 1. The summed E-state index contributed by atoms with van der Waals surface area (Å²) in [5.74, 6) is 0.138. The summed E-state index contributed by atoms with van der Waals surface area (Å²) in [5.41, 5.74) is 2.64. The Morgan fingerprint density at radius 1 is 1.00 bits per heavy atom. The fourth-order valence-corrected chi connectivity index (χ4v) is 2.12. The first kappa shape index (κ1) is 13.8. The van der Waals surface area contributed by atoms with Crippen molar-refractivity contribution in [3.8, 4) is 0 Å². The maximum atomic E-state index is 13.6. The van der Waals surface area contributed by atoms with Crippen LogP contribution in [0.4, 0.5) is 4.39 Å². The zero-order chi connectivity index (χ0) is 13.8. The molecule has 2 aromatic carbocycles. The van der Waals surface area contributed by atoms with E-state index in [2.05, 4.69) is 26.0 Å². The molecule has 0 bridgehead atoms. The Bertz CT molecular complexity index is 531. The van der Waals surface area contributed by atoms with Gasteiger partial charge in [0.2, 0.25) is 0 Å². The summed E-state index contributed by atoms with van der Waals surface area (Å²) in [5, 5.41) is 10.1. The van der Waals surface area contributed by atoms with Crippen LogP contribution in [0.25, 0.3) is 0 Å². The lowest BCUT2D eigenvalue weighted by Crippen LogP contribution is -2.04. The molecule has 1 nitrogen and oxygen atoms in total. The molecular formula is C17H19FO. The molecule has 0 saturated heterocycles. The van der Waals surface area contributed by atoms with Crippen LogP contribution < -0.4 is 0 Å². The zero-order valence-electron chi connectivity index (χ0n) is 11.3. The maximum Gasteiger partial charge on any atom is 0.129 e. The van der Waals surface area contributed by atoms with E-state index in [-0.39, 0.29) is 5.82 Å². The molecule has 2 rings (SSSR count). The van der Waals surface area contributed by atoms with Gasteiger partial charge < -0.3 is 5.11 Å². The predicted octanol–water partition coefficient (Wildman–Crippen LogP) is 4.23. The van der Waals surface area contributed by atoms with Crippen molar-refractivity contribution >= 4 is 0 Å². The highest BCUT2D eigenvalue weighted by atomic mass is 19.1. The Balaban J connectivity index is 2.11. The van der Waals surface area contributed by atoms with E-state index in [0.717, 1.165) is 5.56 Å². The van der Waals surface area contributed by atoms with E-state index in [4.69, 9.17) is 0 Å². The summed E-state index contributed by atoms with van der Waals surface area (Å²) in [6, 6.07) is 14.5. The zero-order valence-corrected chi connectivity index (χ0v) is 11.3. The number of hydrogen-bond donors (Lipinski definition) is 1. The van der Waals surface area contributed by atoms with Crippen LogP contribution in [0.2, 0.25) is 0 Å². The Morgan fingerprint density at radius 2 is 1.63 bits per heavy atom. The minimum atomic E-state index is -0.800. The van der Waals surface area contributed by atoms with E-state index in [9.17, 15) is 9.50 Å². The molecule has 0 heterocycles. The van der Waals surface area contributed by atoms with Gasteiger partial charge in [0, 0.05) is 12.0 Å². The lowest BCUT2D eigenvalue weighted by atomic mass is 9.97. The predicted molar refractivity (Wildman–Crippen MR) is 75.6 cm³/mol. The summed E-state index contributed by atoms with van der Waals surface area (Å²) in [4.78, 5) is 0. The molecular weight excluding hydrogens is 239 g/mol. The molecule has 2 aromatic rings. The van der Waals surface area contributed by atoms with Crippen molar-refractivity contribution in [1.82, 2.24) is 0 Å². The SMILES string of the molecule is CC(C)c1ccc(CC(O)c2ccccc2F)cc1. The molecule has 1 N–H and O–H groups in total. The summed E-state index contributed by atoms with van der Waals surface area (Å²) < 4.78 is 13.6. The highest BCUT2D eigenvalue weighted by Crippen LogP contribution is 2.22. The molecule has 0 aromatic heterocycles. The number of halogens is 1. The van der Waals surface area contributed by atoms with E-state index >= 15 is 0 Å². The first-order chi connectivity index (χ1) is 9.08. The number of benzene rings is 2. The van der Waals surface area contributed by atoms with Crippen molar-refractivity contribution in [2.45, 2.75) is 32.3 Å². The van der Waals surface area contributed by atoms with Crippen molar-refractivity contribution in [2.75, 3.05) is 0 Å². The molecule has 0 aliphatic rings. The summed E-state index contributed by atoms with van der Waals surface area (Å²) >= 11 is 0. The first-order valence-corrected chi connectivity index (χ1v) is 6.59. The molecule has 19 heavy (non-hydrogen) atoms. The normalized spacial score (nSPS) is 12.7. The van der Waals surface area contributed by atoms with Gasteiger partial charge in [0.25, 0.3) is 0 Å². The molecule has 0 fully saturated rings. The van der Waals surface area contributed by atoms with Crippen LogP contribution in [0.15, 0.2) is 48.5 Å². The molecule has 100 valence electrons. The van der Waals surface area contributed by atoms with Gasteiger partial charge in [-0.3, -0.25) is 0 Å². The second-order valence-electron chi connectivity index (χ2n) is 5.14. The van der Waals surface area contributed by atoms with Crippen LogP contribution in [0.3, 0.4) is 0 Å². The fraction of sp³-hybridized carbons (Fsp3) is 0.294. The number of rotatable bonds is 4. The minimum absolute atomic E-state index is 0.353. The highest BCUT2D eigenvalue weighted by Gasteiger charge is 2.12. The van der Waals surface area contributed by atoms with Crippen LogP contribution in [-0.4, -0.2) is 5.11 Å². The average molecular weight is 258 g/mol. The molecule has 0 saturated carbocycles. The van der Waals surface area contributed by atoms with Crippen LogP contribution in [0, 0.1) is 5.82 Å². The lowest BCUT2D eigenvalue weighted by molar-refractivity contribution is 0.173. The van der Waals surface area contributed by atoms with E-state index in [0.29, 0.717) is 17.9 Å². The largest absolute Gasteiger partial charge is 0.388 e. The van der Waals surface area contributed by atoms with Crippen molar-refractivity contribution in [1.29, 1.82) is 0 Å². The Morgan fingerprint density at radius 3 is 2.21 bits per heavy atom. The molecule has 0 amide bonds. The van der Waals surface area contributed by atoms with Gasteiger partial charge in [-0.1, -0.05) is 56.3 Å². The third-order valence-electron chi connectivity index (χ3n) is 3.34. The Hall–Kier alpha value is -1.67. The van der Waals surface area contributed by atoms with Crippen molar-refractivity contribution in [3.05, 3.63) is 71.0 Å². The first-order valence-electron chi connectivity index (χ1n) is 6.59. The van der Waals surface area contributed by atoms with E-state index in [1.165, 1.54) is 11.6 Å². The van der Waals surface area contributed by atoms with Crippen LogP contribution in [-0.2, 0) is 6.42 Å². The van der Waals surface area contributed by atoms with Crippen molar-refractivity contribution in [2.24, 2.45) is 0 Å². The van der Waals surface area contributed by atoms with Crippen LogP contribution in [0.1, 0.15) is 42.6 Å². The molecule has 0 aliphatic heterocycles. The van der Waals surface area contributed by atoms with Gasteiger partial charge >= 0.3 is 0 Å². The second-order valence-corrected chi connectivity index (χ2v) is 5.14. The third kappa shape index (κ3) is 3.42. The number of hydrogen-bond acceptors (Lipinski definition) is 1. The van der Waals surface area contributed by atoms with Crippen molar-refractivity contribution < 1.29 is 9.50 Å². The molecule has 0 aliphatic carbocycles. The standard InChI is InChI=1S/C17H19FO/c1-12(2)14-9-7-13(8-10-14)11-17(19)15-5-3-4-6-16(15)18/h3-10,12,17,19H,11H2,1-2H3. The summed E-state index contributed by atoms with van der Waals surface area (Å²) in [7, 11) is 0. The van der Waals surface area contributed by atoms with Gasteiger partial charge in [-0.25, -0.2) is 4.39 Å². The van der Waals surface area contributed by atoms with Gasteiger partial charge in [0.05, 0.1) is 6.10 Å². The summed E-state index contributed by atoms with van der Waals surface area (Å²) in [6.07, 6.45) is -0.370. The quantitative estimate of drug-likeness (QED) is 0.870. The highest BCUT2D eigenvalue weighted by molar-refractivity contribution is 5.27. The van der Waals surface area contributed by atoms with E-state index < -0.39 is 6.10 Å². The van der Waals surface area contributed by atoms with Crippen molar-refractivity contribution in [3.63, 3.8) is 0 Å². The lowest BCUT2D eigenvalue weighted by Gasteiger charge is -2.13. The van der Waals surface area contributed by atoms with Gasteiger partial charge in [-0.05, 0) is 23.1 Å². The molecule has 1 atom stereocenters. The monoisotopic (exact) mass is 258 g/mol. The molecule has 0 spiro atoms. The topological polar surface area (TPSA) is 20.2 Å². The molecule has 0 radical (unpaired) electrons. The summed E-state index contributed by atoms with van der Waals surface area (Å²) in [6.45, 7) is 4.28. The van der Waals surface area contributed by atoms with Gasteiger partial charge in [-0.2, -0.15) is 0 Å². The second kappa shape index (κ2) is 5.98. The van der Waals surface area contributed by atoms with Gasteiger partial charge in [-0.15, -0.1) is 0 Å². The average Bonchev–Trinajstić information content (AvgIpc) is 2.39. The van der Waals surface area contributed by atoms with Gasteiger partial charge in [0.1, 0.15) is 5.82 Å². The van der Waals surface area contributed by atoms with E-state index in [1.54, 1.807) is 18.2 Å². The Labute approximate surface area is 113 Å². The molecule has 2 heteroatoms. The maximum absolute atomic E-state index is 13.6. The Kier molecular flexibility index (Phi) is 4.33. The minimum Gasteiger partial charge on any atom is -0.388 e. The third-order valence-corrected chi connectivity index (χ3v) is 3.34. The fourth-order valence-electron chi connectivity index (χ4n) is 2.12. The van der Waals surface area contributed by atoms with Gasteiger partial charge in [0.15, 0.2) is 0 Å². The van der Waals surface area contributed by atoms with Crippen LogP contribution in [0.5, 0.6) is 0 Å². The molecule has 1 unspecified atom stereocenters.